The van der Waals surface area contributed by atoms with Gasteiger partial charge in [0, 0.05) is 12.6 Å². The van der Waals surface area contributed by atoms with Crippen LogP contribution in [-0.2, 0) is 4.79 Å². The minimum Gasteiger partial charge on any atom is -0.355 e. The third-order valence-electron chi connectivity index (χ3n) is 3.39. The molecule has 1 saturated carbocycles. The predicted molar refractivity (Wildman–Crippen MR) is 80.7 cm³/mol. The Hall–Kier alpha value is -0.0300. The SMILES string of the molecule is CN(CCCNC(=O)CN)C1CCCCC1.Cl.Cl. The van der Waals surface area contributed by atoms with Crippen molar-refractivity contribution in [3.05, 3.63) is 0 Å². The van der Waals surface area contributed by atoms with Crippen LogP contribution in [0.5, 0.6) is 0 Å². The molecule has 1 aliphatic rings. The van der Waals surface area contributed by atoms with Gasteiger partial charge in [0.15, 0.2) is 0 Å². The van der Waals surface area contributed by atoms with Crippen molar-refractivity contribution in [1.29, 1.82) is 0 Å². The van der Waals surface area contributed by atoms with Gasteiger partial charge >= 0.3 is 0 Å². The lowest BCUT2D eigenvalue weighted by Crippen LogP contribution is -2.36. The maximum absolute atomic E-state index is 10.9. The fraction of sp³-hybridized carbons (Fsp3) is 0.917. The molecule has 0 unspecified atom stereocenters. The molecule has 0 heterocycles. The standard InChI is InChI=1S/C12H25N3O.2ClH/c1-15(11-6-3-2-4-7-11)9-5-8-14-12(16)10-13;;/h11H,2-10,13H2,1H3,(H,14,16);2*1H. The van der Waals surface area contributed by atoms with Gasteiger partial charge in [-0.05, 0) is 32.9 Å². The number of hydrogen-bond acceptors (Lipinski definition) is 3. The quantitative estimate of drug-likeness (QED) is 0.732. The number of carbonyl (C=O) groups excluding carboxylic acids is 1. The van der Waals surface area contributed by atoms with Crippen LogP contribution in [0.4, 0.5) is 0 Å². The molecule has 0 bridgehead atoms. The summed E-state index contributed by atoms with van der Waals surface area (Å²) in [5.41, 5.74) is 5.21. The van der Waals surface area contributed by atoms with Crippen molar-refractivity contribution < 1.29 is 4.79 Å². The number of nitrogens with two attached hydrogens (primary N) is 1. The molecule has 0 aromatic rings. The zero-order chi connectivity index (χ0) is 11.8. The van der Waals surface area contributed by atoms with E-state index in [-0.39, 0.29) is 37.3 Å². The first-order chi connectivity index (χ1) is 7.74. The molecule has 0 radical (unpaired) electrons. The summed E-state index contributed by atoms with van der Waals surface area (Å²) < 4.78 is 0. The summed E-state index contributed by atoms with van der Waals surface area (Å²) in [5.74, 6) is -0.0553. The van der Waals surface area contributed by atoms with Crippen molar-refractivity contribution in [2.45, 2.75) is 44.6 Å². The molecule has 1 aliphatic carbocycles. The van der Waals surface area contributed by atoms with E-state index >= 15 is 0 Å². The molecule has 0 spiro atoms. The van der Waals surface area contributed by atoms with Gasteiger partial charge in [0.2, 0.25) is 5.91 Å². The maximum atomic E-state index is 10.9. The van der Waals surface area contributed by atoms with E-state index in [1.807, 2.05) is 0 Å². The summed E-state index contributed by atoms with van der Waals surface area (Å²) in [7, 11) is 2.20. The van der Waals surface area contributed by atoms with Gasteiger partial charge in [-0.3, -0.25) is 4.79 Å². The van der Waals surface area contributed by atoms with E-state index in [0.717, 1.165) is 25.6 Å². The molecule has 6 heteroatoms. The Balaban J connectivity index is 0. The van der Waals surface area contributed by atoms with Crippen LogP contribution in [-0.4, -0.2) is 43.5 Å². The van der Waals surface area contributed by atoms with Crippen molar-refractivity contribution in [3.8, 4) is 0 Å². The summed E-state index contributed by atoms with van der Waals surface area (Å²) in [6, 6.07) is 0.763. The molecule has 110 valence electrons. The molecular weight excluding hydrogens is 273 g/mol. The van der Waals surface area contributed by atoms with Gasteiger partial charge in [-0.1, -0.05) is 19.3 Å². The third-order valence-corrected chi connectivity index (χ3v) is 3.39. The van der Waals surface area contributed by atoms with Crippen LogP contribution >= 0.6 is 24.8 Å². The highest BCUT2D eigenvalue weighted by Crippen LogP contribution is 2.21. The Labute approximate surface area is 123 Å². The second kappa shape index (κ2) is 12.0. The van der Waals surface area contributed by atoms with Gasteiger partial charge in [0.05, 0.1) is 6.54 Å². The molecule has 3 N–H and O–H groups in total. The average molecular weight is 300 g/mol. The van der Waals surface area contributed by atoms with E-state index in [1.54, 1.807) is 0 Å². The van der Waals surface area contributed by atoms with Crippen molar-refractivity contribution in [2.24, 2.45) is 5.73 Å². The second-order valence-corrected chi connectivity index (χ2v) is 4.68. The first-order valence-corrected chi connectivity index (χ1v) is 6.41. The lowest BCUT2D eigenvalue weighted by Gasteiger charge is -2.31. The monoisotopic (exact) mass is 299 g/mol. The summed E-state index contributed by atoms with van der Waals surface area (Å²) in [5, 5.41) is 2.80. The van der Waals surface area contributed by atoms with E-state index in [1.165, 1.54) is 32.1 Å². The molecule has 0 aromatic heterocycles. The molecule has 0 aliphatic heterocycles. The average Bonchev–Trinajstić information content (AvgIpc) is 2.35. The van der Waals surface area contributed by atoms with Crippen LogP contribution in [0.2, 0.25) is 0 Å². The van der Waals surface area contributed by atoms with Gasteiger partial charge in [-0.15, -0.1) is 24.8 Å². The highest BCUT2D eigenvalue weighted by Gasteiger charge is 2.17. The number of amides is 1. The minimum absolute atomic E-state index is 0. The summed E-state index contributed by atoms with van der Waals surface area (Å²) in [6.07, 6.45) is 7.84. The smallest absolute Gasteiger partial charge is 0.233 e. The lowest BCUT2D eigenvalue weighted by atomic mass is 9.94. The van der Waals surface area contributed by atoms with E-state index < -0.39 is 0 Å². The first kappa shape index (κ1) is 20.3. The van der Waals surface area contributed by atoms with Crippen LogP contribution < -0.4 is 11.1 Å². The fourth-order valence-electron chi connectivity index (χ4n) is 2.33. The first-order valence-electron chi connectivity index (χ1n) is 6.41. The molecule has 1 fully saturated rings. The van der Waals surface area contributed by atoms with Gasteiger partial charge in [0.25, 0.3) is 0 Å². The Morgan fingerprint density at radius 1 is 1.28 bits per heavy atom. The normalized spacial score (nSPS) is 15.7. The van der Waals surface area contributed by atoms with Crippen molar-refractivity contribution in [2.75, 3.05) is 26.7 Å². The molecule has 0 aromatic carbocycles. The van der Waals surface area contributed by atoms with Crippen LogP contribution in [0.1, 0.15) is 38.5 Å². The van der Waals surface area contributed by atoms with E-state index in [4.69, 9.17) is 5.73 Å². The number of halogens is 2. The summed E-state index contributed by atoms with van der Waals surface area (Å²) >= 11 is 0. The van der Waals surface area contributed by atoms with E-state index in [0.29, 0.717) is 0 Å². The molecule has 18 heavy (non-hydrogen) atoms. The Morgan fingerprint density at radius 2 is 1.89 bits per heavy atom. The molecule has 4 nitrogen and oxygen atoms in total. The molecule has 0 saturated heterocycles. The molecule has 1 amide bonds. The zero-order valence-electron chi connectivity index (χ0n) is 11.2. The Kier molecular flexibility index (Phi) is 13.6. The molecule has 1 rings (SSSR count). The predicted octanol–water partition coefficient (Wildman–Crippen LogP) is 1.56. The zero-order valence-corrected chi connectivity index (χ0v) is 12.8. The molecular formula is C12H27Cl2N3O. The fourth-order valence-corrected chi connectivity index (χ4v) is 2.33. The van der Waals surface area contributed by atoms with Crippen LogP contribution in [0.3, 0.4) is 0 Å². The van der Waals surface area contributed by atoms with Gasteiger partial charge in [-0.2, -0.15) is 0 Å². The summed E-state index contributed by atoms with van der Waals surface area (Å²) in [4.78, 5) is 13.3. The largest absolute Gasteiger partial charge is 0.355 e. The summed E-state index contributed by atoms with van der Waals surface area (Å²) in [6.45, 7) is 1.90. The minimum atomic E-state index is -0.0553. The number of nitrogens with zero attached hydrogens (tertiary/aromatic N) is 1. The Morgan fingerprint density at radius 3 is 2.44 bits per heavy atom. The van der Waals surface area contributed by atoms with Crippen molar-refractivity contribution in [3.63, 3.8) is 0 Å². The number of nitrogens with one attached hydrogen (secondary N) is 1. The highest BCUT2D eigenvalue weighted by atomic mass is 35.5. The van der Waals surface area contributed by atoms with Gasteiger partial charge in [-0.25, -0.2) is 0 Å². The highest BCUT2D eigenvalue weighted by molar-refractivity contribution is 5.85. The van der Waals surface area contributed by atoms with E-state index in [2.05, 4.69) is 17.3 Å². The van der Waals surface area contributed by atoms with Crippen LogP contribution in [0.25, 0.3) is 0 Å². The maximum Gasteiger partial charge on any atom is 0.233 e. The number of rotatable bonds is 6. The topological polar surface area (TPSA) is 58.4 Å². The number of hydrogen-bond donors (Lipinski definition) is 2. The number of carbonyl (C=O) groups is 1. The third kappa shape index (κ3) is 8.14. The lowest BCUT2D eigenvalue weighted by molar-refractivity contribution is -0.119. The van der Waals surface area contributed by atoms with Crippen LogP contribution in [0, 0.1) is 0 Å². The van der Waals surface area contributed by atoms with Crippen molar-refractivity contribution >= 4 is 30.7 Å². The van der Waals surface area contributed by atoms with Gasteiger partial charge < -0.3 is 16.0 Å². The van der Waals surface area contributed by atoms with Crippen LogP contribution in [0.15, 0.2) is 0 Å². The van der Waals surface area contributed by atoms with E-state index in [9.17, 15) is 4.79 Å². The molecule has 0 atom stereocenters. The Bertz CT molecular complexity index is 211. The van der Waals surface area contributed by atoms with Gasteiger partial charge in [0.1, 0.15) is 0 Å². The second-order valence-electron chi connectivity index (χ2n) is 4.68. The van der Waals surface area contributed by atoms with Crippen molar-refractivity contribution in [1.82, 2.24) is 10.2 Å².